The fourth-order valence-corrected chi connectivity index (χ4v) is 11.4. The number of methoxy groups -OCH3 is 1. The maximum absolute atomic E-state index is 6.53. The predicted octanol–water partition coefficient (Wildman–Crippen LogP) is 13.6. The summed E-state index contributed by atoms with van der Waals surface area (Å²) in [6.07, 6.45) is 14.4. The maximum atomic E-state index is 6.53. The molecule has 8 heteroatoms. The highest BCUT2D eigenvalue weighted by molar-refractivity contribution is 4.96. The number of piperazine rings is 2. The second-order valence-electron chi connectivity index (χ2n) is 23.3. The van der Waals surface area contributed by atoms with Crippen molar-refractivity contribution in [1.82, 2.24) is 24.5 Å². The Kier molecular flexibility index (Phi) is 37.0. The highest BCUT2D eigenvalue weighted by Gasteiger charge is 2.42. The van der Waals surface area contributed by atoms with E-state index >= 15 is 0 Å². The Morgan fingerprint density at radius 2 is 0.892 bits per heavy atom. The van der Waals surface area contributed by atoms with Gasteiger partial charge in [-0.25, -0.2) is 0 Å². The Morgan fingerprint density at radius 3 is 1.31 bits per heavy atom. The van der Waals surface area contributed by atoms with Gasteiger partial charge in [-0.15, -0.1) is 0 Å². The number of likely N-dealkylation sites (tertiary alicyclic amines) is 1. The molecule has 2 N–H and O–H groups in total. The Bertz CT molecular complexity index is 1080. The van der Waals surface area contributed by atoms with Gasteiger partial charge in [0, 0.05) is 77.1 Å². The number of hydrogen-bond donors (Lipinski definition) is 1. The molecule has 0 radical (unpaired) electrons. The molecular weight excluding hydrogens is 801 g/mol. The fraction of sp³-hybridized carbons (Fsp3) is 1.00. The van der Waals surface area contributed by atoms with E-state index in [0.29, 0.717) is 34.1 Å². The van der Waals surface area contributed by atoms with Crippen LogP contribution in [0.25, 0.3) is 0 Å². The molecule has 65 heavy (non-hydrogen) atoms. The molecular formula is C57H126N6O2. The zero-order valence-corrected chi connectivity index (χ0v) is 49.6. The summed E-state index contributed by atoms with van der Waals surface area (Å²) in [5.41, 5.74) is 6.18. The summed E-state index contributed by atoms with van der Waals surface area (Å²) in [4.78, 5) is 13.2. The van der Waals surface area contributed by atoms with Crippen molar-refractivity contribution in [2.45, 2.75) is 252 Å². The second kappa shape index (κ2) is 34.9. The van der Waals surface area contributed by atoms with Gasteiger partial charge in [-0.05, 0) is 155 Å². The van der Waals surface area contributed by atoms with Crippen molar-refractivity contribution in [2.24, 2.45) is 27.9 Å². The Balaban J connectivity index is -0.000000987. The molecule has 4 fully saturated rings. The van der Waals surface area contributed by atoms with Gasteiger partial charge in [-0.2, -0.15) is 0 Å². The van der Waals surface area contributed by atoms with Crippen molar-refractivity contribution in [3.63, 3.8) is 0 Å². The van der Waals surface area contributed by atoms with E-state index in [1.165, 1.54) is 124 Å². The van der Waals surface area contributed by atoms with Gasteiger partial charge in [0.25, 0.3) is 0 Å². The second-order valence-corrected chi connectivity index (χ2v) is 23.3. The molecule has 0 spiro atoms. The molecule has 0 atom stereocenters. The SMILES string of the molecule is CC.CC.CC.CCC.CCN1CCN(C(C)(C)CC(C)(C)C2CCN(C(C)(C)CC(C)(C)CC)CC2)CC1.CN.COC1CCC(OC(C)(C)CC(C)(C)CN2CCN(C)CC2)CC1. The topological polar surface area (TPSA) is 60.7 Å². The summed E-state index contributed by atoms with van der Waals surface area (Å²) in [5.74, 6) is 0.847. The van der Waals surface area contributed by atoms with Crippen LogP contribution in [0.15, 0.2) is 0 Å². The number of nitrogens with two attached hydrogens (primary N) is 1. The summed E-state index contributed by atoms with van der Waals surface area (Å²) in [5, 5.41) is 0. The highest BCUT2D eigenvalue weighted by Crippen LogP contribution is 2.45. The molecule has 3 heterocycles. The lowest BCUT2D eigenvalue weighted by Crippen LogP contribution is -2.56. The normalized spacial score (nSPS) is 21.5. The average Bonchev–Trinajstić information content (AvgIpc) is 3.27. The largest absolute Gasteiger partial charge is 0.381 e. The molecule has 8 nitrogen and oxygen atoms in total. The third-order valence-electron chi connectivity index (χ3n) is 14.5. The van der Waals surface area contributed by atoms with Crippen molar-refractivity contribution < 1.29 is 9.47 Å². The van der Waals surface area contributed by atoms with Crippen molar-refractivity contribution in [2.75, 3.05) is 99.7 Å². The van der Waals surface area contributed by atoms with Crippen LogP contribution >= 0.6 is 0 Å². The van der Waals surface area contributed by atoms with E-state index in [0.717, 1.165) is 38.0 Å². The minimum absolute atomic E-state index is 0.0549. The van der Waals surface area contributed by atoms with Crippen LogP contribution in [-0.4, -0.2) is 153 Å². The fourth-order valence-electron chi connectivity index (χ4n) is 11.4. The third kappa shape index (κ3) is 28.2. The van der Waals surface area contributed by atoms with E-state index in [4.69, 9.17) is 9.47 Å². The summed E-state index contributed by atoms with van der Waals surface area (Å²) in [6.45, 7) is 64.8. The molecule has 0 unspecified atom stereocenters. The molecule has 1 saturated carbocycles. The first-order valence-electron chi connectivity index (χ1n) is 27.7. The van der Waals surface area contributed by atoms with Gasteiger partial charge >= 0.3 is 0 Å². The predicted molar refractivity (Wildman–Crippen MR) is 294 cm³/mol. The van der Waals surface area contributed by atoms with E-state index in [2.05, 4.69) is 148 Å². The van der Waals surface area contributed by atoms with Crippen LogP contribution in [0.2, 0.25) is 0 Å². The molecule has 4 rings (SSSR count). The number of likely N-dealkylation sites (N-methyl/N-ethyl adjacent to an activating group) is 2. The Labute approximate surface area is 412 Å². The van der Waals surface area contributed by atoms with E-state index in [1.54, 1.807) is 0 Å². The molecule has 0 amide bonds. The molecule has 396 valence electrons. The third-order valence-corrected chi connectivity index (χ3v) is 14.5. The molecule has 4 aliphatic rings. The Morgan fingerprint density at radius 1 is 0.492 bits per heavy atom. The molecule has 0 aromatic carbocycles. The molecule has 3 aliphatic heterocycles. The van der Waals surface area contributed by atoms with Crippen molar-refractivity contribution in [3.05, 3.63) is 0 Å². The van der Waals surface area contributed by atoms with Crippen LogP contribution in [0.1, 0.15) is 223 Å². The standard InChI is InChI=1S/C27H55N3.C20H40N2O2.C3H8.3C2H6.CH5N/c1-11-24(3,4)21-26(7,8)29-15-13-23(14-16-29)25(5,6)22-27(9,10)30-19-17-28(12-2)18-20-30;1-19(2,16-22-13-11-21(5)12-14-22)15-20(3,4)24-18-9-7-17(23-6)8-10-18;1-3-2;4*1-2/h23H,11-22H2,1-10H3;17-18H,7-16H2,1-6H3;3H2,1-2H3;3*1-2H3;2H2,1H3. The molecule has 0 aromatic heterocycles. The van der Waals surface area contributed by atoms with E-state index < -0.39 is 0 Å². The quantitative estimate of drug-likeness (QED) is 0.164. The molecule has 1 aliphatic carbocycles. The van der Waals surface area contributed by atoms with Gasteiger partial charge in [0.1, 0.15) is 0 Å². The summed E-state index contributed by atoms with van der Waals surface area (Å²) >= 11 is 0. The van der Waals surface area contributed by atoms with Gasteiger partial charge < -0.3 is 29.9 Å². The number of piperidine rings is 1. The lowest BCUT2D eigenvalue weighted by molar-refractivity contribution is -0.116. The monoisotopic (exact) mass is 927 g/mol. The lowest BCUT2D eigenvalue weighted by Gasteiger charge is -2.51. The summed E-state index contributed by atoms with van der Waals surface area (Å²) in [7, 11) is 5.55. The van der Waals surface area contributed by atoms with Gasteiger partial charge in [0.05, 0.1) is 17.8 Å². The Hall–Kier alpha value is -0.320. The van der Waals surface area contributed by atoms with Gasteiger partial charge in [-0.1, -0.05) is 124 Å². The van der Waals surface area contributed by atoms with Gasteiger partial charge in [0.2, 0.25) is 0 Å². The minimum atomic E-state index is -0.0549. The van der Waals surface area contributed by atoms with Crippen LogP contribution < -0.4 is 5.73 Å². The van der Waals surface area contributed by atoms with Crippen LogP contribution in [0.3, 0.4) is 0 Å². The number of rotatable bonds is 16. The number of ether oxygens (including phenoxy) is 2. The number of nitrogens with zero attached hydrogens (tertiary/aromatic N) is 5. The smallest absolute Gasteiger partial charge is 0.0635 e. The first-order valence-corrected chi connectivity index (χ1v) is 27.7. The van der Waals surface area contributed by atoms with Crippen LogP contribution in [0.4, 0.5) is 0 Å². The zero-order valence-electron chi connectivity index (χ0n) is 49.6. The van der Waals surface area contributed by atoms with E-state index in [9.17, 15) is 0 Å². The lowest BCUT2D eigenvalue weighted by atomic mass is 9.67. The average molecular weight is 928 g/mol. The van der Waals surface area contributed by atoms with Crippen LogP contribution in [-0.2, 0) is 9.47 Å². The zero-order chi connectivity index (χ0) is 51.3. The van der Waals surface area contributed by atoms with Crippen molar-refractivity contribution >= 4 is 0 Å². The van der Waals surface area contributed by atoms with Gasteiger partial charge in [0.15, 0.2) is 0 Å². The van der Waals surface area contributed by atoms with Crippen LogP contribution in [0, 0.1) is 22.2 Å². The van der Waals surface area contributed by atoms with E-state index in [-0.39, 0.29) is 11.0 Å². The number of hydrogen-bond acceptors (Lipinski definition) is 8. The maximum Gasteiger partial charge on any atom is 0.0635 e. The van der Waals surface area contributed by atoms with Crippen LogP contribution in [0.5, 0.6) is 0 Å². The van der Waals surface area contributed by atoms with E-state index in [1.807, 2.05) is 48.7 Å². The van der Waals surface area contributed by atoms with Crippen molar-refractivity contribution in [1.29, 1.82) is 0 Å². The summed E-state index contributed by atoms with van der Waals surface area (Å²) < 4.78 is 12.0. The molecule has 0 aromatic rings. The first kappa shape index (κ1) is 68.9. The van der Waals surface area contributed by atoms with Crippen molar-refractivity contribution in [3.8, 4) is 0 Å². The first-order chi connectivity index (χ1) is 30.3. The molecule has 3 saturated heterocycles. The highest BCUT2D eigenvalue weighted by atomic mass is 16.5. The van der Waals surface area contributed by atoms with Gasteiger partial charge in [-0.3, -0.25) is 9.80 Å². The molecule has 0 bridgehead atoms. The summed E-state index contributed by atoms with van der Waals surface area (Å²) in [6, 6.07) is 0. The minimum Gasteiger partial charge on any atom is -0.381 e.